The zero-order chi connectivity index (χ0) is 13.0. The van der Waals surface area contributed by atoms with Crippen LogP contribution in [0.4, 0.5) is 5.69 Å². The van der Waals surface area contributed by atoms with Gasteiger partial charge in [0.1, 0.15) is 5.75 Å². The van der Waals surface area contributed by atoms with Crippen LogP contribution in [0.25, 0.3) is 0 Å². The van der Waals surface area contributed by atoms with Crippen molar-refractivity contribution in [3.8, 4) is 5.75 Å². The van der Waals surface area contributed by atoms with E-state index in [1.54, 1.807) is 24.3 Å². The molecule has 1 aromatic rings. The lowest BCUT2D eigenvalue weighted by atomic mass is 10.0. The van der Waals surface area contributed by atoms with E-state index in [1.807, 2.05) is 0 Å². The lowest BCUT2D eigenvalue weighted by molar-refractivity contribution is -0.124. The fourth-order valence-corrected chi connectivity index (χ4v) is 2.37. The van der Waals surface area contributed by atoms with Crippen LogP contribution in [0.1, 0.15) is 32.6 Å². The van der Waals surface area contributed by atoms with Crippen molar-refractivity contribution in [1.29, 1.82) is 0 Å². The number of ether oxygens (including phenoxy) is 1. The molecule has 0 bridgehead atoms. The molecule has 3 N–H and O–H groups in total. The molecule has 1 aromatic carbocycles. The van der Waals surface area contributed by atoms with Crippen molar-refractivity contribution in [1.82, 2.24) is 5.32 Å². The molecule has 18 heavy (non-hydrogen) atoms. The van der Waals surface area contributed by atoms with Crippen LogP contribution in [0.5, 0.6) is 5.75 Å². The molecule has 0 aromatic heterocycles. The second kappa shape index (κ2) is 5.29. The molecule has 0 aliphatic heterocycles. The summed E-state index contributed by atoms with van der Waals surface area (Å²) in [5.74, 6) is 0.604. The van der Waals surface area contributed by atoms with Gasteiger partial charge in [0.2, 0.25) is 0 Å². The largest absolute Gasteiger partial charge is 0.484 e. The van der Waals surface area contributed by atoms with E-state index in [0.717, 1.165) is 12.8 Å². The van der Waals surface area contributed by atoms with Gasteiger partial charge in [0, 0.05) is 11.2 Å². The van der Waals surface area contributed by atoms with Crippen molar-refractivity contribution < 1.29 is 9.53 Å². The number of amides is 1. The maximum absolute atomic E-state index is 11.8. The highest BCUT2D eigenvalue weighted by atomic mass is 16.5. The Kier molecular flexibility index (Phi) is 3.75. The fraction of sp³-hybridized carbons (Fsp3) is 0.500. The lowest BCUT2D eigenvalue weighted by Crippen LogP contribution is -2.45. The first-order valence-corrected chi connectivity index (χ1v) is 6.37. The smallest absolute Gasteiger partial charge is 0.258 e. The Bertz CT molecular complexity index is 408. The first kappa shape index (κ1) is 12.7. The second-order valence-electron chi connectivity index (χ2n) is 5.17. The molecular weight excluding hydrogens is 228 g/mol. The van der Waals surface area contributed by atoms with Gasteiger partial charge in [0.25, 0.3) is 5.91 Å². The van der Waals surface area contributed by atoms with Crippen LogP contribution in [0.3, 0.4) is 0 Å². The molecule has 0 heterocycles. The number of nitrogens with two attached hydrogens (primary N) is 1. The summed E-state index contributed by atoms with van der Waals surface area (Å²) in [5, 5.41) is 3.05. The number of hydrogen-bond donors (Lipinski definition) is 2. The maximum atomic E-state index is 11.8. The quantitative estimate of drug-likeness (QED) is 0.802. The van der Waals surface area contributed by atoms with E-state index in [2.05, 4.69) is 12.2 Å². The standard InChI is InChI=1S/C14H20N2O2/c1-14(8-2-3-9-14)16-13(17)10-18-12-6-4-11(15)5-7-12/h4-7H,2-3,8-10,15H2,1H3,(H,16,17). The van der Waals surface area contributed by atoms with Gasteiger partial charge in [0.05, 0.1) is 0 Å². The third kappa shape index (κ3) is 3.39. The highest BCUT2D eigenvalue weighted by molar-refractivity contribution is 5.78. The SMILES string of the molecule is CC1(NC(=O)COc2ccc(N)cc2)CCCC1. The molecule has 1 aliphatic carbocycles. The Morgan fingerprint density at radius 2 is 1.94 bits per heavy atom. The summed E-state index contributed by atoms with van der Waals surface area (Å²) in [6.07, 6.45) is 4.49. The van der Waals surface area contributed by atoms with Crippen LogP contribution >= 0.6 is 0 Å². The van der Waals surface area contributed by atoms with E-state index < -0.39 is 0 Å². The summed E-state index contributed by atoms with van der Waals surface area (Å²) in [5.41, 5.74) is 6.22. The van der Waals surface area contributed by atoms with Crippen molar-refractivity contribution in [3.63, 3.8) is 0 Å². The van der Waals surface area contributed by atoms with Gasteiger partial charge in [-0.25, -0.2) is 0 Å². The van der Waals surface area contributed by atoms with Gasteiger partial charge < -0.3 is 15.8 Å². The predicted octanol–water partition coefficient (Wildman–Crippen LogP) is 2.10. The molecule has 1 saturated carbocycles. The van der Waals surface area contributed by atoms with Gasteiger partial charge >= 0.3 is 0 Å². The molecule has 0 radical (unpaired) electrons. The number of carbonyl (C=O) groups is 1. The van der Waals surface area contributed by atoms with Crippen molar-refractivity contribution in [2.75, 3.05) is 12.3 Å². The molecule has 4 heteroatoms. The fourth-order valence-electron chi connectivity index (χ4n) is 2.37. The van der Waals surface area contributed by atoms with E-state index in [-0.39, 0.29) is 18.1 Å². The molecule has 1 amide bonds. The topological polar surface area (TPSA) is 64.3 Å². The molecule has 4 nitrogen and oxygen atoms in total. The zero-order valence-electron chi connectivity index (χ0n) is 10.7. The van der Waals surface area contributed by atoms with Crippen LogP contribution in [0.2, 0.25) is 0 Å². The molecular formula is C14H20N2O2. The summed E-state index contributed by atoms with van der Waals surface area (Å²) in [6, 6.07) is 7.04. The number of nitrogens with one attached hydrogen (secondary N) is 1. The minimum Gasteiger partial charge on any atom is -0.484 e. The number of rotatable bonds is 4. The van der Waals surface area contributed by atoms with Gasteiger partial charge in [-0.2, -0.15) is 0 Å². The Morgan fingerprint density at radius 1 is 1.33 bits per heavy atom. The minimum atomic E-state index is -0.0591. The molecule has 1 aliphatic rings. The van der Waals surface area contributed by atoms with E-state index in [4.69, 9.17) is 10.5 Å². The Labute approximate surface area is 108 Å². The minimum absolute atomic E-state index is 0.0401. The van der Waals surface area contributed by atoms with Gasteiger partial charge in [-0.1, -0.05) is 12.8 Å². The number of hydrogen-bond acceptors (Lipinski definition) is 3. The van der Waals surface area contributed by atoms with Gasteiger partial charge in [-0.05, 0) is 44.0 Å². The molecule has 98 valence electrons. The number of anilines is 1. The second-order valence-corrected chi connectivity index (χ2v) is 5.17. The summed E-state index contributed by atoms with van der Waals surface area (Å²) < 4.78 is 5.41. The summed E-state index contributed by atoms with van der Waals surface area (Å²) >= 11 is 0. The monoisotopic (exact) mass is 248 g/mol. The van der Waals surface area contributed by atoms with Crippen molar-refractivity contribution in [2.24, 2.45) is 0 Å². The first-order valence-electron chi connectivity index (χ1n) is 6.37. The lowest BCUT2D eigenvalue weighted by Gasteiger charge is -2.25. The van der Waals surface area contributed by atoms with E-state index in [9.17, 15) is 4.79 Å². The average molecular weight is 248 g/mol. The van der Waals surface area contributed by atoms with Crippen LogP contribution < -0.4 is 15.8 Å². The Hall–Kier alpha value is -1.71. The Morgan fingerprint density at radius 3 is 2.56 bits per heavy atom. The molecule has 2 rings (SSSR count). The zero-order valence-corrected chi connectivity index (χ0v) is 10.7. The van der Waals surface area contributed by atoms with Crippen LogP contribution in [0.15, 0.2) is 24.3 Å². The van der Waals surface area contributed by atoms with Crippen LogP contribution in [-0.2, 0) is 4.79 Å². The number of nitrogen functional groups attached to an aromatic ring is 1. The van der Waals surface area contributed by atoms with E-state index >= 15 is 0 Å². The molecule has 1 fully saturated rings. The van der Waals surface area contributed by atoms with Crippen molar-refractivity contribution >= 4 is 11.6 Å². The van der Waals surface area contributed by atoms with Crippen LogP contribution in [0, 0.1) is 0 Å². The normalized spacial score (nSPS) is 17.4. The van der Waals surface area contributed by atoms with Crippen molar-refractivity contribution in [2.45, 2.75) is 38.1 Å². The predicted molar refractivity (Wildman–Crippen MR) is 71.4 cm³/mol. The molecule has 0 unspecified atom stereocenters. The molecule has 0 atom stereocenters. The maximum Gasteiger partial charge on any atom is 0.258 e. The number of carbonyl (C=O) groups excluding carboxylic acids is 1. The van der Waals surface area contributed by atoms with Gasteiger partial charge in [-0.15, -0.1) is 0 Å². The number of benzene rings is 1. The van der Waals surface area contributed by atoms with Crippen LogP contribution in [-0.4, -0.2) is 18.1 Å². The molecule has 0 saturated heterocycles. The summed E-state index contributed by atoms with van der Waals surface area (Å²) in [6.45, 7) is 2.15. The highest BCUT2D eigenvalue weighted by Gasteiger charge is 2.29. The summed E-state index contributed by atoms with van der Waals surface area (Å²) in [7, 11) is 0. The van der Waals surface area contributed by atoms with E-state index in [1.165, 1.54) is 12.8 Å². The first-order chi connectivity index (χ1) is 8.57. The van der Waals surface area contributed by atoms with Crippen molar-refractivity contribution in [3.05, 3.63) is 24.3 Å². The van der Waals surface area contributed by atoms with Gasteiger partial charge in [0.15, 0.2) is 6.61 Å². The summed E-state index contributed by atoms with van der Waals surface area (Å²) in [4.78, 5) is 11.8. The third-order valence-electron chi connectivity index (χ3n) is 3.40. The highest BCUT2D eigenvalue weighted by Crippen LogP contribution is 2.28. The third-order valence-corrected chi connectivity index (χ3v) is 3.40. The Balaban J connectivity index is 1.79. The molecule has 0 spiro atoms. The van der Waals surface area contributed by atoms with Gasteiger partial charge in [-0.3, -0.25) is 4.79 Å². The average Bonchev–Trinajstić information content (AvgIpc) is 2.75. The van der Waals surface area contributed by atoms with E-state index in [0.29, 0.717) is 11.4 Å².